The molecule has 0 bridgehead atoms. The number of aliphatic hydroxyl groups is 1. The molecule has 0 spiro atoms. The van der Waals surface area contributed by atoms with Gasteiger partial charge in [0.25, 0.3) is 0 Å². The summed E-state index contributed by atoms with van der Waals surface area (Å²) in [5.74, 6) is 1.02. The van der Waals surface area contributed by atoms with Crippen LogP contribution >= 0.6 is 0 Å². The summed E-state index contributed by atoms with van der Waals surface area (Å²) < 4.78 is 0. The zero-order chi connectivity index (χ0) is 12.8. The summed E-state index contributed by atoms with van der Waals surface area (Å²) in [6.07, 6.45) is 3.47. The molecule has 0 saturated carbocycles. The Balaban J connectivity index is 2.46. The zero-order valence-corrected chi connectivity index (χ0v) is 11.1. The second-order valence-corrected chi connectivity index (χ2v) is 5.50. The van der Waals surface area contributed by atoms with Gasteiger partial charge in [0.05, 0.1) is 12.6 Å². The number of carbonyl (C=O) groups is 1. The van der Waals surface area contributed by atoms with Gasteiger partial charge in [-0.1, -0.05) is 13.8 Å². The fourth-order valence-electron chi connectivity index (χ4n) is 2.65. The number of nitrogens with two attached hydrogens (primary N) is 1. The van der Waals surface area contributed by atoms with E-state index in [1.54, 1.807) is 0 Å². The van der Waals surface area contributed by atoms with Crippen molar-refractivity contribution in [3.8, 4) is 0 Å². The van der Waals surface area contributed by atoms with Gasteiger partial charge < -0.3 is 15.7 Å². The smallest absolute Gasteiger partial charge is 0.223 e. The average Bonchev–Trinajstić information content (AvgIpc) is 2.75. The predicted octanol–water partition coefficient (Wildman–Crippen LogP) is 0.981. The first-order valence-electron chi connectivity index (χ1n) is 6.68. The predicted molar refractivity (Wildman–Crippen MR) is 68.4 cm³/mol. The highest BCUT2D eigenvalue weighted by Crippen LogP contribution is 2.21. The van der Waals surface area contributed by atoms with Gasteiger partial charge in [-0.15, -0.1) is 0 Å². The third kappa shape index (κ3) is 4.28. The van der Waals surface area contributed by atoms with Crippen LogP contribution in [0.15, 0.2) is 0 Å². The summed E-state index contributed by atoms with van der Waals surface area (Å²) in [5.41, 5.74) is 5.72. The number of hydrogen-bond acceptors (Lipinski definition) is 3. The highest BCUT2D eigenvalue weighted by molar-refractivity contribution is 5.77. The number of hydrogen-bond donors (Lipinski definition) is 2. The van der Waals surface area contributed by atoms with Crippen LogP contribution in [0.5, 0.6) is 0 Å². The first-order chi connectivity index (χ1) is 8.08. The molecule has 1 fully saturated rings. The lowest BCUT2D eigenvalue weighted by atomic mass is 9.93. The second kappa shape index (κ2) is 6.97. The van der Waals surface area contributed by atoms with Gasteiger partial charge in [-0.2, -0.15) is 0 Å². The fourth-order valence-corrected chi connectivity index (χ4v) is 2.65. The van der Waals surface area contributed by atoms with Crippen molar-refractivity contribution in [2.24, 2.45) is 17.6 Å². The normalized spacial score (nSPS) is 22.2. The maximum absolute atomic E-state index is 12.1. The third-order valence-corrected chi connectivity index (χ3v) is 3.51. The molecule has 0 aromatic heterocycles. The minimum absolute atomic E-state index is 0.0416. The van der Waals surface area contributed by atoms with Crippen LogP contribution in [0.1, 0.15) is 39.5 Å². The Bertz CT molecular complexity index is 244. The Morgan fingerprint density at radius 1 is 1.53 bits per heavy atom. The summed E-state index contributed by atoms with van der Waals surface area (Å²) in [6.45, 7) is 5.76. The number of amides is 1. The van der Waals surface area contributed by atoms with E-state index in [0.717, 1.165) is 25.8 Å². The first kappa shape index (κ1) is 14.5. The van der Waals surface area contributed by atoms with E-state index < -0.39 is 0 Å². The Labute approximate surface area is 104 Å². The van der Waals surface area contributed by atoms with Crippen LogP contribution in [0, 0.1) is 11.8 Å². The number of aliphatic hydroxyl groups excluding tert-OH is 1. The van der Waals surface area contributed by atoms with Crippen molar-refractivity contribution in [1.29, 1.82) is 0 Å². The summed E-state index contributed by atoms with van der Waals surface area (Å²) in [4.78, 5) is 14.0. The zero-order valence-electron chi connectivity index (χ0n) is 11.1. The van der Waals surface area contributed by atoms with E-state index in [9.17, 15) is 9.90 Å². The SMILES string of the molecule is CC(C)CC(CN)CC(=O)N1CCCC1CO. The Morgan fingerprint density at radius 2 is 2.24 bits per heavy atom. The van der Waals surface area contributed by atoms with Gasteiger partial charge in [-0.3, -0.25) is 4.79 Å². The van der Waals surface area contributed by atoms with E-state index in [4.69, 9.17) is 5.73 Å². The molecule has 0 aromatic carbocycles. The number of rotatable bonds is 6. The largest absolute Gasteiger partial charge is 0.394 e. The summed E-state index contributed by atoms with van der Waals surface area (Å²) >= 11 is 0. The third-order valence-electron chi connectivity index (χ3n) is 3.51. The van der Waals surface area contributed by atoms with Crippen molar-refractivity contribution in [2.45, 2.75) is 45.6 Å². The number of nitrogens with zero attached hydrogens (tertiary/aromatic N) is 1. The van der Waals surface area contributed by atoms with Crippen LogP contribution in [-0.4, -0.2) is 41.7 Å². The molecule has 1 saturated heterocycles. The van der Waals surface area contributed by atoms with Gasteiger partial charge in [0, 0.05) is 13.0 Å². The van der Waals surface area contributed by atoms with Gasteiger partial charge in [0.2, 0.25) is 5.91 Å². The molecule has 2 atom stereocenters. The van der Waals surface area contributed by atoms with Gasteiger partial charge >= 0.3 is 0 Å². The van der Waals surface area contributed by atoms with Crippen molar-refractivity contribution in [3.05, 3.63) is 0 Å². The topological polar surface area (TPSA) is 66.6 Å². The molecule has 1 heterocycles. The lowest BCUT2D eigenvalue weighted by Gasteiger charge is -2.25. The lowest BCUT2D eigenvalue weighted by molar-refractivity contribution is -0.133. The van der Waals surface area contributed by atoms with E-state index in [0.29, 0.717) is 18.9 Å². The van der Waals surface area contributed by atoms with Crippen LogP contribution < -0.4 is 5.73 Å². The van der Waals surface area contributed by atoms with Gasteiger partial charge in [0.15, 0.2) is 0 Å². The van der Waals surface area contributed by atoms with Crippen molar-refractivity contribution < 1.29 is 9.90 Å². The molecule has 1 aliphatic rings. The summed E-state index contributed by atoms with van der Waals surface area (Å²) in [7, 11) is 0. The van der Waals surface area contributed by atoms with Gasteiger partial charge in [-0.05, 0) is 37.6 Å². The van der Waals surface area contributed by atoms with Crippen LogP contribution in [0.25, 0.3) is 0 Å². The van der Waals surface area contributed by atoms with Crippen LogP contribution in [0.4, 0.5) is 0 Å². The molecule has 2 unspecified atom stereocenters. The quantitative estimate of drug-likeness (QED) is 0.729. The fraction of sp³-hybridized carbons (Fsp3) is 0.923. The average molecular weight is 242 g/mol. The van der Waals surface area contributed by atoms with Crippen molar-refractivity contribution in [3.63, 3.8) is 0 Å². The molecular weight excluding hydrogens is 216 g/mol. The Hall–Kier alpha value is -0.610. The number of carbonyl (C=O) groups excluding carboxylic acids is 1. The lowest BCUT2D eigenvalue weighted by Crippen LogP contribution is -2.39. The molecule has 1 amide bonds. The molecule has 0 radical (unpaired) electrons. The summed E-state index contributed by atoms with van der Waals surface area (Å²) in [5, 5.41) is 9.20. The molecular formula is C13H26N2O2. The molecule has 0 aromatic rings. The maximum Gasteiger partial charge on any atom is 0.223 e. The standard InChI is InChI=1S/C13H26N2O2/c1-10(2)6-11(8-14)7-13(17)15-5-3-4-12(15)9-16/h10-12,16H,3-9,14H2,1-2H3. The minimum Gasteiger partial charge on any atom is -0.394 e. The van der Waals surface area contributed by atoms with E-state index >= 15 is 0 Å². The van der Waals surface area contributed by atoms with Crippen LogP contribution in [0.2, 0.25) is 0 Å². The molecule has 4 nitrogen and oxygen atoms in total. The molecule has 3 N–H and O–H groups in total. The molecule has 17 heavy (non-hydrogen) atoms. The van der Waals surface area contributed by atoms with E-state index in [-0.39, 0.29) is 24.5 Å². The first-order valence-corrected chi connectivity index (χ1v) is 6.68. The monoisotopic (exact) mass is 242 g/mol. The van der Waals surface area contributed by atoms with Crippen molar-refractivity contribution in [1.82, 2.24) is 4.90 Å². The van der Waals surface area contributed by atoms with Crippen molar-refractivity contribution in [2.75, 3.05) is 19.7 Å². The second-order valence-electron chi connectivity index (χ2n) is 5.50. The van der Waals surface area contributed by atoms with E-state index in [2.05, 4.69) is 13.8 Å². The number of likely N-dealkylation sites (tertiary alicyclic amines) is 1. The van der Waals surface area contributed by atoms with Gasteiger partial charge in [-0.25, -0.2) is 0 Å². The van der Waals surface area contributed by atoms with Gasteiger partial charge in [0.1, 0.15) is 0 Å². The Kier molecular flexibility index (Phi) is 5.92. The Morgan fingerprint density at radius 3 is 2.76 bits per heavy atom. The molecule has 1 aliphatic heterocycles. The molecule has 0 aliphatic carbocycles. The minimum atomic E-state index is 0.0416. The highest BCUT2D eigenvalue weighted by atomic mass is 16.3. The summed E-state index contributed by atoms with van der Waals surface area (Å²) in [6, 6.07) is 0.0416. The van der Waals surface area contributed by atoms with Crippen LogP contribution in [0.3, 0.4) is 0 Å². The van der Waals surface area contributed by atoms with Crippen LogP contribution in [-0.2, 0) is 4.79 Å². The molecule has 4 heteroatoms. The van der Waals surface area contributed by atoms with E-state index in [1.165, 1.54) is 0 Å². The van der Waals surface area contributed by atoms with Crippen molar-refractivity contribution >= 4 is 5.91 Å². The molecule has 1 rings (SSSR count). The maximum atomic E-state index is 12.1. The van der Waals surface area contributed by atoms with E-state index in [1.807, 2.05) is 4.90 Å². The highest BCUT2D eigenvalue weighted by Gasteiger charge is 2.29. The molecule has 100 valence electrons.